The summed E-state index contributed by atoms with van der Waals surface area (Å²) in [6, 6.07) is 15.4. The molecule has 0 amide bonds. The van der Waals surface area contributed by atoms with Crippen molar-refractivity contribution in [3.05, 3.63) is 64.1 Å². The summed E-state index contributed by atoms with van der Waals surface area (Å²) in [6.45, 7) is 0. The van der Waals surface area contributed by atoms with Crippen molar-refractivity contribution in [3.63, 3.8) is 0 Å². The first-order chi connectivity index (χ1) is 13.0. The summed E-state index contributed by atoms with van der Waals surface area (Å²) in [5.74, 6) is -0.811. The van der Waals surface area contributed by atoms with E-state index in [1.165, 1.54) is 0 Å². The molecule has 0 bridgehead atoms. The number of aromatic amines is 1. The third-order valence-corrected chi connectivity index (χ3v) is 5.11. The van der Waals surface area contributed by atoms with Gasteiger partial charge in [0, 0.05) is 27.7 Å². The van der Waals surface area contributed by atoms with Crippen LogP contribution in [-0.4, -0.2) is 21.0 Å². The monoisotopic (exact) mass is 398 g/mol. The highest BCUT2D eigenvalue weighted by Gasteiger charge is 2.18. The molecule has 0 saturated carbocycles. The summed E-state index contributed by atoms with van der Waals surface area (Å²) in [5.41, 5.74) is 4.33. The quantitative estimate of drug-likeness (QED) is 0.426. The van der Waals surface area contributed by atoms with E-state index in [0.29, 0.717) is 22.9 Å². The zero-order valence-corrected chi connectivity index (χ0v) is 15.8. The summed E-state index contributed by atoms with van der Waals surface area (Å²) in [7, 11) is 0. The molecule has 0 atom stereocenters. The van der Waals surface area contributed by atoms with Crippen molar-refractivity contribution in [2.24, 2.45) is 0 Å². The van der Waals surface area contributed by atoms with Crippen molar-refractivity contribution < 1.29 is 9.90 Å². The molecule has 0 saturated heterocycles. The zero-order valence-electron chi connectivity index (χ0n) is 14.3. The van der Waals surface area contributed by atoms with Crippen LogP contribution in [0.15, 0.2) is 48.5 Å². The molecule has 6 heteroatoms. The number of hydrogen-bond donors (Lipinski definition) is 2. The second-order valence-corrected chi connectivity index (χ2v) is 7.27. The molecule has 0 spiro atoms. The van der Waals surface area contributed by atoms with Gasteiger partial charge in [0.05, 0.1) is 21.9 Å². The van der Waals surface area contributed by atoms with Crippen molar-refractivity contribution in [2.75, 3.05) is 0 Å². The van der Waals surface area contributed by atoms with E-state index in [9.17, 15) is 4.79 Å². The lowest BCUT2D eigenvalue weighted by molar-refractivity contribution is -0.137. The minimum absolute atomic E-state index is 0.0997. The fourth-order valence-corrected chi connectivity index (χ4v) is 4.01. The molecule has 0 aliphatic rings. The Labute approximate surface area is 165 Å². The van der Waals surface area contributed by atoms with Crippen LogP contribution in [0.2, 0.25) is 10.0 Å². The Kier molecular flexibility index (Phi) is 4.77. The van der Waals surface area contributed by atoms with Gasteiger partial charge in [-0.15, -0.1) is 0 Å². The van der Waals surface area contributed by atoms with Crippen LogP contribution in [0.1, 0.15) is 18.4 Å². The smallest absolute Gasteiger partial charge is 0.303 e. The van der Waals surface area contributed by atoms with Crippen LogP contribution in [0.25, 0.3) is 33.2 Å². The predicted octanol–water partition coefficient (Wildman–Crippen LogP) is 6.10. The van der Waals surface area contributed by atoms with Gasteiger partial charge in [0.15, 0.2) is 0 Å². The van der Waals surface area contributed by atoms with Crippen LogP contribution in [0.5, 0.6) is 0 Å². The molecule has 0 radical (unpaired) electrons. The number of rotatable bonds is 5. The number of hydrogen-bond acceptors (Lipinski definition) is 2. The first-order valence-electron chi connectivity index (χ1n) is 8.60. The first kappa shape index (κ1) is 17.8. The normalized spacial score (nSPS) is 11.3. The van der Waals surface area contributed by atoms with Gasteiger partial charge in [-0.2, -0.15) is 0 Å². The molecule has 4 rings (SSSR count). The number of nitrogens with zero attached hydrogens (tertiary/aromatic N) is 1. The zero-order chi connectivity index (χ0) is 19.0. The number of fused-ring (bicyclic) bond motifs is 2. The van der Waals surface area contributed by atoms with Crippen molar-refractivity contribution in [1.29, 1.82) is 0 Å². The van der Waals surface area contributed by atoms with Crippen molar-refractivity contribution in [3.8, 4) is 11.4 Å². The number of aliphatic carboxylic acids is 1. The third kappa shape index (κ3) is 3.51. The maximum atomic E-state index is 10.9. The Hall–Kier alpha value is -2.56. The Morgan fingerprint density at radius 3 is 2.74 bits per heavy atom. The average Bonchev–Trinajstić information content (AvgIpc) is 2.99. The summed E-state index contributed by atoms with van der Waals surface area (Å²) >= 11 is 12.6. The Morgan fingerprint density at radius 2 is 1.93 bits per heavy atom. The molecule has 4 aromatic rings. The van der Waals surface area contributed by atoms with Crippen LogP contribution in [0.3, 0.4) is 0 Å². The van der Waals surface area contributed by atoms with Gasteiger partial charge >= 0.3 is 5.97 Å². The van der Waals surface area contributed by atoms with E-state index in [0.717, 1.165) is 38.8 Å². The van der Waals surface area contributed by atoms with Crippen molar-refractivity contribution >= 4 is 51.0 Å². The summed E-state index contributed by atoms with van der Waals surface area (Å²) < 4.78 is 0. The number of aromatic nitrogens is 2. The number of H-pyrrole nitrogens is 1. The largest absolute Gasteiger partial charge is 0.481 e. The first-order valence-corrected chi connectivity index (χ1v) is 9.36. The fourth-order valence-electron chi connectivity index (χ4n) is 3.40. The topological polar surface area (TPSA) is 66.0 Å². The number of para-hydroxylation sites is 1. The van der Waals surface area contributed by atoms with E-state index in [1.54, 1.807) is 6.07 Å². The van der Waals surface area contributed by atoms with E-state index in [1.807, 2.05) is 42.5 Å². The summed E-state index contributed by atoms with van der Waals surface area (Å²) in [5, 5.41) is 12.0. The number of nitrogens with one attached hydrogen (secondary N) is 1. The highest BCUT2D eigenvalue weighted by molar-refractivity contribution is 6.39. The van der Waals surface area contributed by atoms with Gasteiger partial charge in [-0.1, -0.05) is 47.5 Å². The molecule has 0 unspecified atom stereocenters. The van der Waals surface area contributed by atoms with E-state index in [4.69, 9.17) is 33.3 Å². The van der Waals surface area contributed by atoms with Crippen molar-refractivity contribution in [1.82, 2.24) is 9.97 Å². The molecule has 4 nitrogen and oxygen atoms in total. The van der Waals surface area contributed by atoms with Crippen molar-refractivity contribution in [2.45, 2.75) is 19.3 Å². The van der Waals surface area contributed by atoms with Gasteiger partial charge in [-0.25, -0.2) is 4.98 Å². The molecule has 2 N–H and O–H groups in total. The summed E-state index contributed by atoms with van der Waals surface area (Å²) in [6.07, 6.45) is 1.20. The van der Waals surface area contributed by atoms with E-state index < -0.39 is 5.97 Å². The highest BCUT2D eigenvalue weighted by Crippen LogP contribution is 2.37. The molecule has 0 aliphatic carbocycles. The fraction of sp³-hybridized carbons (Fsp3) is 0.143. The van der Waals surface area contributed by atoms with Crippen LogP contribution < -0.4 is 0 Å². The molecular formula is C21H16Cl2N2O2. The molecule has 2 heterocycles. The molecule has 27 heavy (non-hydrogen) atoms. The average molecular weight is 399 g/mol. The molecule has 0 aliphatic heterocycles. The maximum Gasteiger partial charge on any atom is 0.303 e. The number of halogens is 2. The second-order valence-electron chi connectivity index (χ2n) is 6.43. The van der Waals surface area contributed by atoms with E-state index in [-0.39, 0.29) is 6.42 Å². The Morgan fingerprint density at radius 1 is 1.11 bits per heavy atom. The van der Waals surface area contributed by atoms with Gasteiger partial charge < -0.3 is 10.1 Å². The van der Waals surface area contributed by atoms with Gasteiger partial charge in [0.25, 0.3) is 0 Å². The van der Waals surface area contributed by atoms with E-state index in [2.05, 4.69) is 4.98 Å². The second kappa shape index (κ2) is 7.22. The molecule has 2 aromatic carbocycles. The Balaban J connectivity index is 1.89. The van der Waals surface area contributed by atoms with Gasteiger partial charge in [-0.05, 0) is 42.7 Å². The SMILES string of the molecule is O=C(O)CCCc1c(-c2ccc3ccccc3n2)[nH]c2cc(Cl)cc(Cl)c12. The number of aryl methyl sites for hydroxylation is 1. The van der Waals surface area contributed by atoms with Crippen LogP contribution in [0.4, 0.5) is 0 Å². The van der Waals surface area contributed by atoms with Crippen LogP contribution >= 0.6 is 23.2 Å². The van der Waals surface area contributed by atoms with E-state index >= 15 is 0 Å². The standard InChI is InChI=1S/C21H16Cl2N2O2/c22-13-10-15(23)20-14(5-3-7-19(26)27)21(25-18(20)11-13)17-9-8-12-4-1-2-6-16(12)24-17/h1-2,4,6,8-11,25H,3,5,7H2,(H,26,27). The molecule has 2 aromatic heterocycles. The molecular weight excluding hydrogens is 383 g/mol. The highest BCUT2D eigenvalue weighted by atomic mass is 35.5. The number of carboxylic acids is 1. The minimum atomic E-state index is -0.811. The number of carbonyl (C=O) groups is 1. The Bertz CT molecular complexity index is 1170. The van der Waals surface area contributed by atoms with Gasteiger partial charge in [-0.3, -0.25) is 4.79 Å². The number of pyridine rings is 1. The van der Waals surface area contributed by atoms with Crippen LogP contribution in [-0.2, 0) is 11.2 Å². The molecule has 136 valence electrons. The van der Waals surface area contributed by atoms with Gasteiger partial charge in [0.2, 0.25) is 0 Å². The number of benzene rings is 2. The molecule has 0 fully saturated rings. The predicted molar refractivity (Wildman–Crippen MR) is 110 cm³/mol. The van der Waals surface area contributed by atoms with Gasteiger partial charge in [0.1, 0.15) is 0 Å². The lowest BCUT2D eigenvalue weighted by Gasteiger charge is -2.06. The van der Waals surface area contributed by atoms with Crippen LogP contribution in [0, 0.1) is 0 Å². The summed E-state index contributed by atoms with van der Waals surface area (Å²) in [4.78, 5) is 19.1. The lowest BCUT2D eigenvalue weighted by atomic mass is 10.0. The third-order valence-electron chi connectivity index (χ3n) is 4.59. The lowest BCUT2D eigenvalue weighted by Crippen LogP contribution is -1.97. The minimum Gasteiger partial charge on any atom is -0.481 e. The maximum absolute atomic E-state index is 10.9. The number of carboxylic acid groups (broad SMARTS) is 1.